The highest BCUT2D eigenvalue weighted by molar-refractivity contribution is 5.72. The van der Waals surface area contributed by atoms with Gasteiger partial charge in [0.05, 0.1) is 6.61 Å². The van der Waals surface area contributed by atoms with Crippen molar-refractivity contribution in [2.24, 2.45) is 5.41 Å². The fourth-order valence-electron chi connectivity index (χ4n) is 2.25. The van der Waals surface area contributed by atoms with E-state index in [1.807, 2.05) is 0 Å². The van der Waals surface area contributed by atoms with Gasteiger partial charge in [-0.05, 0) is 37.8 Å². The maximum absolute atomic E-state index is 10.7. The van der Waals surface area contributed by atoms with Crippen molar-refractivity contribution in [2.45, 2.75) is 25.4 Å². The highest BCUT2D eigenvalue weighted by Crippen LogP contribution is 2.40. The molecule has 2 aliphatic rings. The Kier molecular flexibility index (Phi) is 2.26. The fourth-order valence-corrected chi connectivity index (χ4v) is 2.25. The van der Waals surface area contributed by atoms with Crippen molar-refractivity contribution in [3.63, 3.8) is 0 Å². The predicted octanol–water partition coefficient (Wildman–Crippen LogP) is 0.230. The van der Waals surface area contributed by atoms with Gasteiger partial charge >= 0.3 is 5.97 Å². The molecule has 2 fully saturated rings. The lowest BCUT2D eigenvalue weighted by Crippen LogP contribution is -2.37. The van der Waals surface area contributed by atoms with E-state index in [4.69, 9.17) is 9.84 Å². The fraction of sp³-hybridized carbons (Fsp3) is 0.889. The van der Waals surface area contributed by atoms with Crippen LogP contribution in [0.3, 0.4) is 0 Å². The average molecular weight is 185 g/mol. The summed E-state index contributed by atoms with van der Waals surface area (Å²) in [6.07, 6.45) is 2.25. The minimum absolute atomic E-state index is 0.161. The van der Waals surface area contributed by atoms with Gasteiger partial charge < -0.3 is 15.2 Å². The van der Waals surface area contributed by atoms with Crippen LogP contribution in [0, 0.1) is 5.41 Å². The topological polar surface area (TPSA) is 58.6 Å². The Balaban J connectivity index is 1.98. The van der Waals surface area contributed by atoms with E-state index in [9.17, 15) is 4.79 Å². The summed E-state index contributed by atoms with van der Waals surface area (Å²) in [6, 6.07) is 0. The number of ether oxygens (including phenoxy) is 1. The van der Waals surface area contributed by atoms with Crippen LogP contribution in [0.4, 0.5) is 0 Å². The molecule has 2 saturated heterocycles. The molecule has 1 atom stereocenters. The summed E-state index contributed by atoms with van der Waals surface area (Å²) in [5.74, 6) is -0.810. The molecule has 0 saturated carbocycles. The SMILES string of the molecule is O=C(O)C1CC2(CCNCC2)CO1. The van der Waals surface area contributed by atoms with Gasteiger partial charge in [-0.1, -0.05) is 0 Å². The normalized spacial score (nSPS) is 32.2. The molecule has 2 heterocycles. The van der Waals surface area contributed by atoms with Crippen LogP contribution in [-0.2, 0) is 9.53 Å². The molecule has 0 radical (unpaired) electrons. The van der Waals surface area contributed by atoms with E-state index < -0.39 is 12.1 Å². The number of carbonyl (C=O) groups is 1. The molecule has 0 aromatic rings. The first-order valence-electron chi connectivity index (χ1n) is 4.77. The summed E-state index contributed by atoms with van der Waals surface area (Å²) < 4.78 is 5.28. The maximum Gasteiger partial charge on any atom is 0.332 e. The highest BCUT2D eigenvalue weighted by Gasteiger charge is 2.43. The number of rotatable bonds is 1. The zero-order valence-electron chi connectivity index (χ0n) is 7.58. The molecule has 2 rings (SSSR count). The lowest BCUT2D eigenvalue weighted by Gasteiger charge is -2.31. The number of aliphatic carboxylic acids is 1. The molecule has 13 heavy (non-hydrogen) atoms. The van der Waals surface area contributed by atoms with E-state index in [2.05, 4.69) is 5.32 Å². The molecular weight excluding hydrogens is 170 g/mol. The van der Waals surface area contributed by atoms with Crippen molar-refractivity contribution in [1.29, 1.82) is 0 Å². The van der Waals surface area contributed by atoms with Gasteiger partial charge in [-0.15, -0.1) is 0 Å². The molecule has 0 aliphatic carbocycles. The third-order valence-electron chi connectivity index (χ3n) is 3.15. The van der Waals surface area contributed by atoms with Crippen LogP contribution in [0.5, 0.6) is 0 Å². The van der Waals surface area contributed by atoms with Crippen LogP contribution in [0.25, 0.3) is 0 Å². The molecule has 0 bridgehead atoms. The van der Waals surface area contributed by atoms with Crippen LogP contribution in [0.1, 0.15) is 19.3 Å². The summed E-state index contributed by atoms with van der Waals surface area (Å²) in [5.41, 5.74) is 0.161. The summed E-state index contributed by atoms with van der Waals surface area (Å²) in [5, 5.41) is 12.1. The van der Waals surface area contributed by atoms with Gasteiger partial charge in [0.2, 0.25) is 0 Å². The van der Waals surface area contributed by atoms with Gasteiger partial charge in [-0.3, -0.25) is 0 Å². The summed E-state index contributed by atoms with van der Waals surface area (Å²) in [4.78, 5) is 10.7. The number of carboxylic acids is 1. The Morgan fingerprint density at radius 2 is 2.15 bits per heavy atom. The Bertz CT molecular complexity index is 211. The van der Waals surface area contributed by atoms with E-state index >= 15 is 0 Å². The van der Waals surface area contributed by atoms with E-state index in [1.54, 1.807) is 0 Å². The molecule has 0 aromatic heterocycles. The van der Waals surface area contributed by atoms with Gasteiger partial charge in [0.1, 0.15) is 0 Å². The van der Waals surface area contributed by atoms with Gasteiger partial charge in [-0.25, -0.2) is 4.79 Å². The number of carboxylic acid groups (broad SMARTS) is 1. The lowest BCUT2D eigenvalue weighted by atomic mass is 9.77. The van der Waals surface area contributed by atoms with Gasteiger partial charge in [0.25, 0.3) is 0 Å². The quantitative estimate of drug-likeness (QED) is 0.614. The monoisotopic (exact) mass is 185 g/mol. The first-order chi connectivity index (χ1) is 6.22. The second-order valence-electron chi connectivity index (χ2n) is 4.09. The highest BCUT2D eigenvalue weighted by atomic mass is 16.5. The van der Waals surface area contributed by atoms with Gasteiger partial charge in [0, 0.05) is 0 Å². The molecule has 4 heteroatoms. The van der Waals surface area contributed by atoms with Crippen LogP contribution in [-0.4, -0.2) is 36.9 Å². The van der Waals surface area contributed by atoms with Crippen molar-refractivity contribution in [2.75, 3.05) is 19.7 Å². The zero-order valence-corrected chi connectivity index (χ0v) is 7.58. The Hall–Kier alpha value is -0.610. The molecule has 2 N–H and O–H groups in total. The van der Waals surface area contributed by atoms with Crippen molar-refractivity contribution in [1.82, 2.24) is 5.32 Å². The van der Waals surface area contributed by atoms with Gasteiger partial charge in [0.15, 0.2) is 6.10 Å². The van der Waals surface area contributed by atoms with Crippen LogP contribution in [0.15, 0.2) is 0 Å². The number of nitrogens with one attached hydrogen (secondary N) is 1. The second kappa shape index (κ2) is 3.27. The van der Waals surface area contributed by atoms with Crippen LogP contribution in [0.2, 0.25) is 0 Å². The first kappa shape index (κ1) is 8.97. The number of hydrogen-bond donors (Lipinski definition) is 2. The Labute approximate surface area is 77.3 Å². The third kappa shape index (κ3) is 1.69. The Morgan fingerprint density at radius 3 is 2.69 bits per heavy atom. The van der Waals surface area contributed by atoms with Crippen molar-refractivity contribution < 1.29 is 14.6 Å². The van der Waals surface area contributed by atoms with Crippen molar-refractivity contribution >= 4 is 5.97 Å². The minimum atomic E-state index is -0.810. The van der Waals surface area contributed by atoms with E-state index in [0.717, 1.165) is 25.9 Å². The molecule has 74 valence electrons. The summed E-state index contributed by atoms with van der Waals surface area (Å²) >= 11 is 0. The van der Waals surface area contributed by atoms with Crippen molar-refractivity contribution in [3.8, 4) is 0 Å². The third-order valence-corrected chi connectivity index (χ3v) is 3.15. The number of piperidine rings is 1. The molecule has 2 aliphatic heterocycles. The second-order valence-corrected chi connectivity index (χ2v) is 4.09. The van der Waals surface area contributed by atoms with E-state index in [0.29, 0.717) is 13.0 Å². The predicted molar refractivity (Wildman–Crippen MR) is 46.5 cm³/mol. The van der Waals surface area contributed by atoms with Crippen molar-refractivity contribution in [3.05, 3.63) is 0 Å². The Morgan fingerprint density at radius 1 is 1.46 bits per heavy atom. The van der Waals surface area contributed by atoms with E-state index in [1.165, 1.54) is 0 Å². The minimum Gasteiger partial charge on any atom is -0.479 e. The maximum atomic E-state index is 10.7. The molecule has 1 spiro atoms. The smallest absolute Gasteiger partial charge is 0.332 e. The number of hydrogen-bond acceptors (Lipinski definition) is 3. The average Bonchev–Trinajstić information content (AvgIpc) is 2.51. The van der Waals surface area contributed by atoms with Crippen LogP contribution >= 0.6 is 0 Å². The molecule has 0 amide bonds. The van der Waals surface area contributed by atoms with Crippen LogP contribution < -0.4 is 5.32 Å². The molecule has 1 unspecified atom stereocenters. The molecule has 0 aromatic carbocycles. The first-order valence-corrected chi connectivity index (χ1v) is 4.77. The molecule has 4 nitrogen and oxygen atoms in total. The standard InChI is InChI=1S/C9H15NO3/c11-8(12)7-5-9(6-13-7)1-3-10-4-2-9/h7,10H,1-6H2,(H,11,12). The molecular formula is C9H15NO3. The zero-order chi connectivity index (χ0) is 9.31. The summed E-state index contributed by atoms with van der Waals surface area (Å²) in [7, 11) is 0. The van der Waals surface area contributed by atoms with Gasteiger partial charge in [-0.2, -0.15) is 0 Å². The lowest BCUT2D eigenvalue weighted by molar-refractivity contribution is -0.147. The largest absolute Gasteiger partial charge is 0.479 e. The van der Waals surface area contributed by atoms with E-state index in [-0.39, 0.29) is 5.41 Å². The summed E-state index contributed by atoms with van der Waals surface area (Å²) in [6.45, 7) is 2.62.